The molecule has 0 aliphatic carbocycles. The van der Waals surface area contributed by atoms with E-state index in [0.717, 1.165) is 28.7 Å². The Morgan fingerprint density at radius 3 is 2.12 bits per heavy atom. The first-order chi connectivity index (χ1) is 20.4. The number of rotatable bonds is 12. The number of aromatic hydroxyl groups is 1. The first-order valence-corrected chi connectivity index (χ1v) is 14.8. The molecule has 2 atom stereocenters. The average Bonchev–Trinajstić information content (AvgIpc) is 2.93. The Morgan fingerprint density at radius 2 is 1.53 bits per heavy atom. The Balaban J connectivity index is 2.04. The van der Waals surface area contributed by atoms with Crippen LogP contribution in [0.4, 0.5) is 4.79 Å². The predicted molar refractivity (Wildman–Crippen MR) is 169 cm³/mol. The molecule has 3 aromatic carbocycles. The van der Waals surface area contributed by atoms with Crippen LogP contribution in [-0.4, -0.2) is 46.1 Å². The number of unbranched alkanes of at least 4 members (excludes halogenated alkanes) is 1. The molecule has 0 spiro atoms. The minimum absolute atomic E-state index is 0.0984. The Bertz CT molecular complexity index is 1350. The van der Waals surface area contributed by atoms with E-state index < -0.39 is 29.7 Å². The smallest absolute Gasteiger partial charge is 0.408 e. The van der Waals surface area contributed by atoms with Gasteiger partial charge in [0.15, 0.2) is 0 Å². The van der Waals surface area contributed by atoms with Crippen LogP contribution in [-0.2, 0) is 27.3 Å². The molecule has 0 heterocycles. The van der Waals surface area contributed by atoms with Gasteiger partial charge < -0.3 is 25.4 Å². The van der Waals surface area contributed by atoms with E-state index in [4.69, 9.17) is 4.74 Å². The standard InChI is InChI=1S/C35H45N3O5/c1-7-8-18-38(33(41)30(37-34(42)43-35(4,5)6)22-26-14-16-29(39)17-15-26)31(28-20-24(2)19-25(3)21-28)32(40)36-23-27-12-10-9-11-13-27/h9-17,19-21,30-31,39H,7-8,18,22-23H2,1-6H3,(H,36,40)(H,37,42). The van der Waals surface area contributed by atoms with Crippen LogP contribution in [0, 0.1) is 13.8 Å². The number of alkyl carbamates (subject to hydrolysis) is 1. The summed E-state index contributed by atoms with van der Waals surface area (Å²) in [6, 6.07) is 20.0. The fourth-order valence-electron chi connectivity index (χ4n) is 4.94. The molecule has 0 fully saturated rings. The van der Waals surface area contributed by atoms with Gasteiger partial charge in [-0.05, 0) is 69.9 Å². The van der Waals surface area contributed by atoms with Gasteiger partial charge in [-0.3, -0.25) is 9.59 Å². The summed E-state index contributed by atoms with van der Waals surface area (Å²) >= 11 is 0. The van der Waals surface area contributed by atoms with Crippen molar-refractivity contribution in [1.29, 1.82) is 0 Å². The molecule has 8 heteroatoms. The van der Waals surface area contributed by atoms with Crippen LogP contribution in [0.15, 0.2) is 72.8 Å². The minimum Gasteiger partial charge on any atom is -0.508 e. The molecule has 0 aliphatic heterocycles. The highest BCUT2D eigenvalue weighted by Gasteiger charge is 2.36. The Morgan fingerprint density at radius 1 is 0.907 bits per heavy atom. The van der Waals surface area contributed by atoms with Crippen LogP contribution >= 0.6 is 0 Å². The molecule has 3 rings (SSSR count). The molecule has 0 bridgehead atoms. The van der Waals surface area contributed by atoms with Crippen molar-refractivity contribution in [3.05, 3.63) is 101 Å². The summed E-state index contributed by atoms with van der Waals surface area (Å²) in [6.07, 6.45) is 0.886. The van der Waals surface area contributed by atoms with Crippen molar-refractivity contribution in [3.63, 3.8) is 0 Å². The summed E-state index contributed by atoms with van der Waals surface area (Å²) in [7, 11) is 0. The van der Waals surface area contributed by atoms with Crippen molar-refractivity contribution in [1.82, 2.24) is 15.5 Å². The zero-order chi connectivity index (χ0) is 31.6. The van der Waals surface area contributed by atoms with Gasteiger partial charge in [0.1, 0.15) is 23.4 Å². The van der Waals surface area contributed by atoms with Crippen molar-refractivity contribution in [3.8, 4) is 5.75 Å². The molecule has 43 heavy (non-hydrogen) atoms. The summed E-state index contributed by atoms with van der Waals surface area (Å²) in [4.78, 5) is 43.1. The lowest BCUT2D eigenvalue weighted by Crippen LogP contribution is -2.54. The average molecular weight is 588 g/mol. The maximum atomic E-state index is 14.5. The molecule has 0 saturated heterocycles. The van der Waals surface area contributed by atoms with Gasteiger partial charge in [0.05, 0.1) is 0 Å². The van der Waals surface area contributed by atoms with Gasteiger partial charge in [0.2, 0.25) is 11.8 Å². The van der Waals surface area contributed by atoms with E-state index in [0.29, 0.717) is 25.1 Å². The van der Waals surface area contributed by atoms with Crippen LogP contribution in [0.5, 0.6) is 5.75 Å². The summed E-state index contributed by atoms with van der Waals surface area (Å²) in [5.41, 5.74) is 3.57. The first-order valence-electron chi connectivity index (χ1n) is 14.8. The molecule has 2 unspecified atom stereocenters. The number of ether oxygens (including phenoxy) is 1. The number of hydrogen-bond acceptors (Lipinski definition) is 5. The van der Waals surface area contributed by atoms with E-state index in [-0.39, 0.29) is 18.1 Å². The Hall–Kier alpha value is -4.33. The summed E-state index contributed by atoms with van der Waals surface area (Å²) in [5.74, 6) is -0.605. The van der Waals surface area contributed by atoms with E-state index in [1.165, 1.54) is 12.1 Å². The molecule has 0 aromatic heterocycles. The van der Waals surface area contributed by atoms with E-state index in [1.807, 2.05) is 69.3 Å². The zero-order valence-electron chi connectivity index (χ0n) is 26.1. The normalized spacial score (nSPS) is 12.6. The van der Waals surface area contributed by atoms with Gasteiger partial charge in [-0.15, -0.1) is 0 Å². The maximum Gasteiger partial charge on any atom is 0.408 e. The maximum absolute atomic E-state index is 14.5. The summed E-state index contributed by atoms with van der Waals surface area (Å²) < 4.78 is 5.51. The number of carbonyl (C=O) groups is 3. The SMILES string of the molecule is CCCCN(C(=O)C(Cc1ccc(O)cc1)NC(=O)OC(C)(C)C)C(C(=O)NCc1ccccc1)c1cc(C)cc(C)c1. The predicted octanol–water partition coefficient (Wildman–Crippen LogP) is 6.13. The lowest BCUT2D eigenvalue weighted by molar-refractivity contribution is -0.142. The largest absolute Gasteiger partial charge is 0.508 e. The number of hydrogen-bond donors (Lipinski definition) is 3. The third-order valence-electron chi connectivity index (χ3n) is 6.83. The van der Waals surface area contributed by atoms with Gasteiger partial charge in [-0.25, -0.2) is 4.79 Å². The lowest BCUT2D eigenvalue weighted by Gasteiger charge is -2.35. The fraction of sp³-hybridized carbons (Fsp3) is 0.400. The molecule has 3 amide bonds. The van der Waals surface area contributed by atoms with Crippen LogP contribution < -0.4 is 10.6 Å². The summed E-state index contributed by atoms with van der Waals surface area (Å²) in [5, 5.41) is 15.6. The van der Waals surface area contributed by atoms with E-state index in [1.54, 1.807) is 37.8 Å². The molecular formula is C35H45N3O5. The molecule has 230 valence electrons. The molecule has 0 radical (unpaired) electrons. The second kappa shape index (κ2) is 15.2. The Labute approximate surface area is 255 Å². The van der Waals surface area contributed by atoms with Crippen LogP contribution in [0.1, 0.15) is 74.4 Å². The highest BCUT2D eigenvalue weighted by Crippen LogP contribution is 2.26. The van der Waals surface area contributed by atoms with E-state index in [9.17, 15) is 19.5 Å². The van der Waals surface area contributed by atoms with Gasteiger partial charge in [0, 0.05) is 19.5 Å². The highest BCUT2D eigenvalue weighted by molar-refractivity contribution is 5.92. The van der Waals surface area contributed by atoms with Crippen LogP contribution in [0.2, 0.25) is 0 Å². The third-order valence-corrected chi connectivity index (χ3v) is 6.83. The number of amides is 3. The van der Waals surface area contributed by atoms with Crippen LogP contribution in [0.25, 0.3) is 0 Å². The van der Waals surface area contributed by atoms with E-state index >= 15 is 0 Å². The van der Waals surface area contributed by atoms with Crippen molar-refractivity contribution in [2.45, 2.75) is 85.0 Å². The lowest BCUT2D eigenvalue weighted by atomic mass is 9.97. The van der Waals surface area contributed by atoms with Gasteiger partial charge in [-0.1, -0.05) is 85.1 Å². The molecular weight excluding hydrogens is 542 g/mol. The highest BCUT2D eigenvalue weighted by atomic mass is 16.6. The molecule has 3 aromatic rings. The zero-order valence-corrected chi connectivity index (χ0v) is 26.1. The number of nitrogens with zero attached hydrogens (tertiary/aromatic N) is 1. The number of nitrogens with one attached hydrogen (secondary N) is 2. The summed E-state index contributed by atoms with van der Waals surface area (Å²) in [6.45, 7) is 11.8. The van der Waals surface area contributed by atoms with Crippen molar-refractivity contribution >= 4 is 17.9 Å². The van der Waals surface area contributed by atoms with E-state index in [2.05, 4.69) is 10.6 Å². The van der Waals surface area contributed by atoms with Crippen molar-refractivity contribution in [2.24, 2.45) is 0 Å². The van der Waals surface area contributed by atoms with Crippen molar-refractivity contribution in [2.75, 3.05) is 6.54 Å². The van der Waals surface area contributed by atoms with Gasteiger partial charge in [-0.2, -0.15) is 0 Å². The monoisotopic (exact) mass is 587 g/mol. The third kappa shape index (κ3) is 10.5. The second-order valence-corrected chi connectivity index (χ2v) is 12.0. The number of carbonyl (C=O) groups excluding carboxylic acids is 3. The molecule has 0 saturated carbocycles. The number of benzene rings is 3. The van der Waals surface area contributed by atoms with Gasteiger partial charge in [0.25, 0.3) is 0 Å². The first kappa shape index (κ1) is 33.2. The second-order valence-electron chi connectivity index (χ2n) is 12.0. The number of phenolic OH excluding ortho intramolecular Hbond substituents is 1. The fourth-order valence-corrected chi connectivity index (χ4v) is 4.94. The van der Waals surface area contributed by atoms with Crippen LogP contribution in [0.3, 0.4) is 0 Å². The quantitative estimate of drug-likeness (QED) is 0.236. The topological polar surface area (TPSA) is 108 Å². The number of phenols is 1. The molecule has 8 nitrogen and oxygen atoms in total. The van der Waals surface area contributed by atoms with Crippen molar-refractivity contribution < 1.29 is 24.2 Å². The molecule has 0 aliphatic rings. The Kier molecular flexibility index (Phi) is 11.8. The molecule has 3 N–H and O–H groups in total. The minimum atomic E-state index is -1.02. The van der Waals surface area contributed by atoms with Gasteiger partial charge >= 0.3 is 6.09 Å². The number of aryl methyl sites for hydroxylation is 2.